The molecular formula is C10H12ClN5O. The molecule has 90 valence electrons. The van der Waals surface area contributed by atoms with Crippen LogP contribution in [0.15, 0.2) is 18.2 Å². The molecule has 17 heavy (non-hydrogen) atoms. The van der Waals surface area contributed by atoms with Crippen molar-refractivity contribution in [2.24, 2.45) is 0 Å². The molecule has 0 unspecified atom stereocenters. The van der Waals surface area contributed by atoms with Gasteiger partial charge in [-0.3, -0.25) is 0 Å². The van der Waals surface area contributed by atoms with Crippen LogP contribution in [0.3, 0.4) is 0 Å². The first-order valence-corrected chi connectivity index (χ1v) is 5.40. The highest BCUT2D eigenvalue weighted by molar-refractivity contribution is 6.33. The molecule has 1 heterocycles. The third-order valence-electron chi connectivity index (χ3n) is 2.30. The van der Waals surface area contributed by atoms with Crippen LogP contribution in [-0.4, -0.2) is 33.9 Å². The molecule has 6 nitrogen and oxygen atoms in total. The van der Waals surface area contributed by atoms with E-state index in [9.17, 15) is 0 Å². The van der Waals surface area contributed by atoms with E-state index in [1.54, 1.807) is 23.9 Å². The number of nitrogens with two attached hydrogens (primary N) is 1. The summed E-state index contributed by atoms with van der Waals surface area (Å²) in [7, 11) is 1.63. The number of aromatic nitrogens is 4. The summed E-state index contributed by atoms with van der Waals surface area (Å²) in [4.78, 5) is 0. The number of hydrogen-bond acceptors (Lipinski definition) is 5. The van der Waals surface area contributed by atoms with Gasteiger partial charge >= 0.3 is 0 Å². The van der Waals surface area contributed by atoms with Gasteiger partial charge in [-0.15, -0.1) is 5.10 Å². The van der Waals surface area contributed by atoms with E-state index in [0.29, 0.717) is 29.7 Å². The number of ether oxygens (including phenoxy) is 1. The third-order valence-corrected chi connectivity index (χ3v) is 2.63. The van der Waals surface area contributed by atoms with Crippen LogP contribution in [0.2, 0.25) is 5.02 Å². The number of hydrogen-bond donors (Lipinski definition) is 1. The highest BCUT2D eigenvalue weighted by Gasteiger charge is 2.09. The van der Waals surface area contributed by atoms with Crippen molar-refractivity contribution in [3.05, 3.63) is 23.2 Å². The van der Waals surface area contributed by atoms with Crippen molar-refractivity contribution in [1.29, 1.82) is 0 Å². The van der Waals surface area contributed by atoms with Crippen LogP contribution in [0.1, 0.15) is 0 Å². The largest absolute Gasteiger partial charge is 0.398 e. The van der Waals surface area contributed by atoms with Gasteiger partial charge in [0.2, 0.25) is 0 Å². The van der Waals surface area contributed by atoms with E-state index < -0.39 is 0 Å². The van der Waals surface area contributed by atoms with Gasteiger partial charge in [0, 0.05) is 12.7 Å². The van der Waals surface area contributed by atoms with Crippen molar-refractivity contribution in [1.82, 2.24) is 20.2 Å². The molecule has 0 aliphatic carbocycles. The topological polar surface area (TPSA) is 78.8 Å². The Labute approximate surface area is 103 Å². The van der Waals surface area contributed by atoms with E-state index in [1.165, 1.54) is 0 Å². The van der Waals surface area contributed by atoms with Crippen LogP contribution in [0.25, 0.3) is 11.4 Å². The molecule has 2 rings (SSSR count). The molecule has 0 saturated heterocycles. The summed E-state index contributed by atoms with van der Waals surface area (Å²) in [5.74, 6) is 0.643. The molecule has 0 spiro atoms. The molecule has 7 heteroatoms. The summed E-state index contributed by atoms with van der Waals surface area (Å²) in [6, 6.07) is 5.30. The van der Waals surface area contributed by atoms with Gasteiger partial charge in [0.05, 0.1) is 23.9 Å². The standard InChI is InChI=1S/C10H12ClN5O/c1-17-5-4-16-10(13-14-15-16)7-2-3-9(12)8(11)6-7/h2-3,6H,4-5,12H2,1H3. The first-order chi connectivity index (χ1) is 8.22. The zero-order valence-electron chi connectivity index (χ0n) is 9.30. The van der Waals surface area contributed by atoms with Crippen molar-refractivity contribution < 1.29 is 4.74 Å². The monoisotopic (exact) mass is 253 g/mol. The molecule has 1 aromatic heterocycles. The predicted molar refractivity (Wildman–Crippen MR) is 64.6 cm³/mol. The number of anilines is 1. The lowest BCUT2D eigenvalue weighted by atomic mass is 10.2. The van der Waals surface area contributed by atoms with E-state index >= 15 is 0 Å². The molecule has 2 N–H and O–H groups in total. The maximum atomic E-state index is 5.96. The average molecular weight is 254 g/mol. The lowest BCUT2D eigenvalue weighted by molar-refractivity contribution is 0.183. The second kappa shape index (κ2) is 5.11. The second-order valence-corrected chi connectivity index (χ2v) is 3.86. The minimum atomic E-state index is 0.490. The first-order valence-electron chi connectivity index (χ1n) is 5.03. The lowest BCUT2D eigenvalue weighted by Gasteiger charge is -2.05. The van der Waals surface area contributed by atoms with Crippen LogP contribution in [0, 0.1) is 0 Å². The minimum Gasteiger partial charge on any atom is -0.398 e. The number of nitrogens with zero attached hydrogens (tertiary/aromatic N) is 4. The zero-order chi connectivity index (χ0) is 12.3. The summed E-state index contributed by atoms with van der Waals surface area (Å²) in [6.07, 6.45) is 0. The van der Waals surface area contributed by atoms with Gasteiger partial charge in [0.25, 0.3) is 0 Å². The fourth-order valence-corrected chi connectivity index (χ4v) is 1.59. The summed E-state index contributed by atoms with van der Waals surface area (Å²) < 4.78 is 6.64. The highest BCUT2D eigenvalue weighted by atomic mass is 35.5. The van der Waals surface area contributed by atoms with Gasteiger partial charge < -0.3 is 10.5 Å². The summed E-state index contributed by atoms with van der Waals surface area (Å²) in [5.41, 5.74) is 7.01. The number of tetrazole rings is 1. The Hall–Kier alpha value is -1.66. The quantitative estimate of drug-likeness (QED) is 0.829. The zero-order valence-corrected chi connectivity index (χ0v) is 10.1. The lowest BCUT2D eigenvalue weighted by Crippen LogP contribution is -2.07. The SMILES string of the molecule is COCCn1nnnc1-c1ccc(N)c(Cl)c1. The van der Waals surface area contributed by atoms with Gasteiger partial charge in [-0.05, 0) is 28.6 Å². The molecule has 1 aromatic carbocycles. The molecule has 0 fully saturated rings. The number of methoxy groups -OCH3 is 1. The number of nitrogen functional groups attached to an aromatic ring is 1. The Morgan fingerprint density at radius 1 is 1.47 bits per heavy atom. The molecular weight excluding hydrogens is 242 g/mol. The third kappa shape index (κ3) is 2.54. The van der Waals surface area contributed by atoms with Crippen molar-refractivity contribution in [3.8, 4) is 11.4 Å². The maximum Gasteiger partial charge on any atom is 0.182 e. The van der Waals surface area contributed by atoms with Crippen molar-refractivity contribution in [2.45, 2.75) is 6.54 Å². The molecule has 0 atom stereocenters. The Balaban J connectivity index is 2.32. The molecule has 2 aromatic rings. The van der Waals surface area contributed by atoms with Crippen molar-refractivity contribution in [2.75, 3.05) is 19.5 Å². The number of rotatable bonds is 4. The fraction of sp³-hybridized carbons (Fsp3) is 0.300. The Bertz CT molecular complexity index is 513. The second-order valence-electron chi connectivity index (χ2n) is 3.45. The summed E-state index contributed by atoms with van der Waals surface area (Å²) >= 11 is 5.96. The van der Waals surface area contributed by atoms with Gasteiger partial charge in [-0.25, -0.2) is 4.68 Å². The maximum absolute atomic E-state index is 5.96. The molecule has 0 bridgehead atoms. The Morgan fingerprint density at radius 2 is 2.29 bits per heavy atom. The van der Waals surface area contributed by atoms with Gasteiger partial charge in [-0.2, -0.15) is 0 Å². The van der Waals surface area contributed by atoms with E-state index in [0.717, 1.165) is 5.56 Å². The van der Waals surface area contributed by atoms with E-state index in [4.69, 9.17) is 22.1 Å². The fourth-order valence-electron chi connectivity index (χ4n) is 1.41. The minimum absolute atomic E-state index is 0.490. The molecule has 0 saturated carbocycles. The molecule has 0 amide bonds. The van der Waals surface area contributed by atoms with Crippen LogP contribution >= 0.6 is 11.6 Å². The van der Waals surface area contributed by atoms with E-state index in [1.807, 2.05) is 6.07 Å². The molecule has 0 radical (unpaired) electrons. The van der Waals surface area contributed by atoms with Crippen molar-refractivity contribution >= 4 is 17.3 Å². The van der Waals surface area contributed by atoms with Crippen LogP contribution < -0.4 is 5.73 Å². The Kier molecular flexibility index (Phi) is 3.55. The van der Waals surface area contributed by atoms with Crippen molar-refractivity contribution in [3.63, 3.8) is 0 Å². The predicted octanol–water partition coefficient (Wildman–Crippen LogP) is 1.22. The Morgan fingerprint density at radius 3 is 3.00 bits per heavy atom. The van der Waals surface area contributed by atoms with E-state index in [-0.39, 0.29) is 0 Å². The van der Waals surface area contributed by atoms with Crippen LogP contribution in [-0.2, 0) is 11.3 Å². The first kappa shape index (κ1) is 11.8. The summed E-state index contributed by atoms with van der Waals surface area (Å²) in [5, 5.41) is 12.0. The van der Waals surface area contributed by atoms with Gasteiger partial charge in [0.15, 0.2) is 5.82 Å². The number of benzene rings is 1. The summed E-state index contributed by atoms with van der Waals surface area (Å²) in [6.45, 7) is 1.13. The normalized spacial score (nSPS) is 10.7. The average Bonchev–Trinajstić information content (AvgIpc) is 2.78. The van der Waals surface area contributed by atoms with Gasteiger partial charge in [-0.1, -0.05) is 11.6 Å². The molecule has 0 aliphatic rings. The number of halogens is 1. The highest BCUT2D eigenvalue weighted by Crippen LogP contribution is 2.25. The van der Waals surface area contributed by atoms with Gasteiger partial charge in [0.1, 0.15) is 0 Å². The van der Waals surface area contributed by atoms with Crippen LogP contribution in [0.5, 0.6) is 0 Å². The molecule has 0 aliphatic heterocycles. The smallest absolute Gasteiger partial charge is 0.182 e. The van der Waals surface area contributed by atoms with Crippen LogP contribution in [0.4, 0.5) is 5.69 Å². The van der Waals surface area contributed by atoms with E-state index in [2.05, 4.69) is 15.5 Å².